The van der Waals surface area contributed by atoms with Gasteiger partial charge in [-0.3, -0.25) is 4.79 Å². The van der Waals surface area contributed by atoms with Crippen molar-refractivity contribution < 1.29 is 9.53 Å². The first-order valence-corrected chi connectivity index (χ1v) is 10.2. The van der Waals surface area contributed by atoms with E-state index in [4.69, 9.17) is 4.74 Å². The van der Waals surface area contributed by atoms with E-state index in [1.807, 2.05) is 13.8 Å². The summed E-state index contributed by atoms with van der Waals surface area (Å²) < 4.78 is 5.80. The molecule has 0 radical (unpaired) electrons. The van der Waals surface area contributed by atoms with Gasteiger partial charge in [0.15, 0.2) is 0 Å². The Balaban J connectivity index is 1.67. The van der Waals surface area contributed by atoms with Gasteiger partial charge in [0.05, 0.1) is 12.4 Å². The second kappa shape index (κ2) is 9.67. The standard InChI is InChI=1S/C22H29NO2S/c1-15-9-16(2)13-20(12-15)25-7-6-8-26-14-21(24)23-22-18(4)10-17(3)11-19(22)5/h9-13H,6-8,14H2,1-5H3,(H,23,24). The van der Waals surface area contributed by atoms with Crippen LogP contribution in [0.25, 0.3) is 0 Å². The molecule has 3 nitrogen and oxygen atoms in total. The second-order valence-electron chi connectivity index (χ2n) is 6.90. The maximum Gasteiger partial charge on any atom is 0.234 e. The molecule has 140 valence electrons. The van der Waals surface area contributed by atoms with Crippen molar-refractivity contribution in [2.75, 3.05) is 23.4 Å². The van der Waals surface area contributed by atoms with E-state index in [0.717, 1.165) is 34.7 Å². The summed E-state index contributed by atoms with van der Waals surface area (Å²) in [6.07, 6.45) is 0.924. The molecule has 0 atom stereocenters. The van der Waals surface area contributed by atoms with Crippen molar-refractivity contribution in [3.63, 3.8) is 0 Å². The number of anilines is 1. The van der Waals surface area contributed by atoms with Crippen LogP contribution in [-0.4, -0.2) is 24.0 Å². The molecule has 4 heteroatoms. The van der Waals surface area contributed by atoms with Gasteiger partial charge in [0, 0.05) is 5.69 Å². The number of aryl methyl sites for hydroxylation is 5. The average Bonchev–Trinajstić information content (AvgIpc) is 2.53. The van der Waals surface area contributed by atoms with Crippen LogP contribution in [0.1, 0.15) is 34.2 Å². The summed E-state index contributed by atoms with van der Waals surface area (Å²) in [5, 5.41) is 3.04. The molecule has 0 unspecified atom stereocenters. The lowest BCUT2D eigenvalue weighted by molar-refractivity contribution is -0.113. The monoisotopic (exact) mass is 371 g/mol. The Morgan fingerprint density at radius 2 is 1.50 bits per heavy atom. The van der Waals surface area contributed by atoms with Crippen molar-refractivity contribution in [1.29, 1.82) is 0 Å². The van der Waals surface area contributed by atoms with Gasteiger partial charge in [0.25, 0.3) is 0 Å². The Labute approximate surface area is 161 Å². The predicted octanol–water partition coefficient (Wildman–Crippen LogP) is 5.37. The SMILES string of the molecule is Cc1cc(C)cc(OCCCSCC(=O)Nc2c(C)cc(C)cc2C)c1. The lowest BCUT2D eigenvalue weighted by Crippen LogP contribution is -2.16. The van der Waals surface area contributed by atoms with Crippen molar-refractivity contribution in [3.05, 3.63) is 58.1 Å². The molecule has 0 fully saturated rings. The minimum Gasteiger partial charge on any atom is -0.494 e. The fourth-order valence-corrected chi connectivity index (χ4v) is 3.81. The number of thioether (sulfide) groups is 1. The summed E-state index contributed by atoms with van der Waals surface area (Å²) in [5.41, 5.74) is 6.82. The van der Waals surface area contributed by atoms with Gasteiger partial charge in [-0.15, -0.1) is 0 Å². The van der Waals surface area contributed by atoms with Crippen molar-refractivity contribution >= 4 is 23.4 Å². The molecule has 0 heterocycles. The molecule has 1 amide bonds. The highest BCUT2D eigenvalue weighted by molar-refractivity contribution is 7.99. The number of carbonyl (C=O) groups is 1. The smallest absolute Gasteiger partial charge is 0.234 e. The molecular formula is C22H29NO2S. The van der Waals surface area contributed by atoms with Crippen LogP contribution in [0.15, 0.2) is 30.3 Å². The number of rotatable bonds is 8. The van der Waals surface area contributed by atoms with Gasteiger partial charge in [-0.05, 0) is 81.2 Å². The highest BCUT2D eigenvalue weighted by Crippen LogP contribution is 2.22. The number of carbonyl (C=O) groups excluding carboxylic acids is 1. The molecule has 0 bridgehead atoms. The van der Waals surface area contributed by atoms with Crippen LogP contribution in [0, 0.1) is 34.6 Å². The van der Waals surface area contributed by atoms with E-state index in [0.29, 0.717) is 12.4 Å². The summed E-state index contributed by atoms with van der Waals surface area (Å²) >= 11 is 1.64. The molecule has 0 saturated carbocycles. The van der Waals surface area contributed by atoms with Crippen molar-refractivity contribution in [1.82, 2.24) is 0 Å². The number of hydrogen-bond acceptors (Lipinski definition) is 3. The molecule has 26 heavy (non-hydrogen) atoms. The number of amides is 1. The molecule has 1 N–H and O–H groups in total. The summed E-state index contributed by atoms with van der Waals surface area (Å²) in [6.45, 7) is 11.0. The lowest BCUT2D eigenvalue weighted by atomic mass is 10.1. The number of ether oxygens (including phenoxy) is 1. The van der Waals surface area contributed by atoms with Crippen LogP contribution in [0.5, 0.6) is 5.75 Å². The molecule has 0 aliphatic heterocycles. The van der Waals surface area contributed by atoms with E-state index < -0.39 is 0 Å². The number of hydrogen-bond donors (Lipinski definition) is 1. The van der Waals surface area contributed by atoms with Crippen molar-refractivity contribution in [2.45, 2.75) is 41.0 Å². The van der Waals surface area contributed by atoms with Gasteiger partial charge in [0.2, 0.25) is 5.91 Å². The van der Waals surface area contributed by atoms with Crippen molar-refractivity contribution in [3.8, 4) is 5.75 Å². The summed E-state index contributed by atoms with van der Waals surface area (Å²) in [4.78, 5) is 12.2. The zero-order valence-electron chi connectivity index (χ0n) is 16.4. The molecular weight excluding hydrogens is 342 g/mol. The molecule has 2 rings (SSSR count). The molecule has 0 aromatic heterocycles. The first-order valence-electron chi connectivity index (χ1n) is 9.01. The number of nitrogens with one attached hydrogen (secondary N) is 1. The van der Waals surface area contributed by atoms with E-state index in [1.165, 1.54) is 16.7 Å². The summed E-state index contributed by atoms with van der Waals surface area (Å²) in [7, 11) is 0. The normalized spacial score (nSPS) is 10.7. The third-order valence-corrected chi connectivity index (χ3v) is 5.12. The molecule has 0 aliphatic carbocycles. The van der Waals surface area contributed by atoms with Crippen LogP contribution >= 0.6 is 11.8 Å². The van der Waals surface area contributed by atoms with Crippen LogP contribution in [0.4, 0.5) is 5.69 Å². The summed E-state index contributed by atoms with van der Waals surface area (Å²) in [6, 6.07) is 10.4. The second-order valence-corrected chi connectivity index (χ2v) is 8.01. The molecule has 0 saturated heterocycles. The summed E-state index contributed by atoms with van der Waals surface area (Å²) in [5.74, 6) is 2.36. The van der Waals surface area contributed by atoms with Gasteiger partial charge in [-0.1, -0.05) is 23.8 Å². The third kappa shape index (κ3) is 6.41. The van der Waals surface area contributed by atoms with E-state index in [2.05, 4.69) is 56.4 Å². The highest BCUT2D eigenvalue weighted by atomic mass is 32.2. The topological polar surface area (TPSA) is 38.3 Å². The molecule has 0 aliphatic rings. The van der Waals surface area contributed by atoms with Gasteiger partial charge < -0.3 is 10.1 Å². The quantitative estimate of drug-likeness (QED) is 0.634. The first kappa shape index (κ1) is 20.4. The van der Waals surface area contributed by atoms with Crippen LogP contribution in [0.3, 0.4) is 0 Å². The largest absolute Gasteiger partial charge is 0.494 e. The first-order chi connectivity index (χ1) is 12.3. The maximum absolute atomic E-state index is 12.2. The minimum atomic E-state index is 0.0558. The van der Waals surface area contributed by atoms with Gasteiger partial charge >= 0.3 is 0 Å². The predicted molar refractivity (Wildman–Crippen MR) is 113 cm³/mol. The zero-order valence-corrected chi connectivity index (χ0v) is 17.3. The zero-order chi connectivity index (χ0) is 19.1. The Hall–Kier alpha value is -1.94. The Morgan fingerprint density at radius 1 is 0.923 bits per heavy atom. The lowest BCUT2D eigenvalue weighted by Gasteiger charge is -2.13. The Kier molecular flexibility index (Phi) is 7.58. The molecule has 2 aromatic rings. The average molecular weight is 372 g/mol. The minimum absolute atomic E-state index is 0.0558. The fourth-order valence-electron chi connectivity index (χ4n) is 3.08. The van der Waals surface area contributed by atoms with E-state index in [9.17, 15) is 4.79 Å². The Morgan fingerprint density at radius 3 is 2.12 bits per heavy atom. The highest BCUT2D eigenvalue weighted by Gasteiger charge is 2.08. The molecule has 0 spiro atoms. The van der Waals surface area contributed by atoms with Crippen LogP contribution < -0.4 is 10.1 Å². The van der Waals surface area contributed by atoms with E-state index in [-0.39, 0.29) is 5.91 Å². The van der Waals surface area contributed by atoms with Gasteiger partial charge in [0.1, 0.15) is 5.75 Å². The van der Waals surface area contributed by atoms with Crippen molar-refractivity contribution in [2.24, 2.45) is 0 Å². The van der Waals surface area contributed by atoms with Gasteiger partial charge in [-0.25, -0.2) is 0 Å². The fraction of sp³-hybridized carbons (Fsp3) is 0.409. The Bertz CT molecular complexity index is 727. The van der Waals surface area contributed by atoms with E-state index >= 15 is 0 Å². The maximum atomic E-state index is 12.2. The van der Waals surface area contributed by atoms with Gasteiger partial charge in [-0.2, -0.15) is 11.8 Å². The molecule has 2 aromatic carbocycles. The van der Waals surface area contributed by atoms with Crippen LogP contribution in [-0.2, 0) is 4.79 Å². The van der Waals surface area contributed by atoms with E-state index in [1.54, 1.807) is 11.8 Å². The third-order valence-electron chi connectivity index (χ3n) is 4.07. The number of benzene rings is 2. The van der Waals surface area contributed by atoms with Crippen LogP contribution in [0.2, 0.25) is 0 Å².